The maximum Gasteiger partial charge on any atom is 0.259 e. The number of nitriles is 1. The number of nitrogens with zero attached hydrogens (tertiary/aromatic N) is 3. The molecule has 0 saturated carbocycles. The summed E-state index contributed by atoms with van der Waals surface area (Å²) in [6.07, 6.45) is 0.0845. The van der Waals surface area contributed by atoms with Crippen LogP contribution in [-0.4, -0.2) is 68.3 Å². The van der Waals surface area contributed by atoms with Gasteiger partial charge in [0.15, 0.2) is 0 Å². The number of methoxy groups -OCH3 is 2. The predicted octanol–water partition coefficient (Wildman–Crippen LogP) is 11.7. The van der Waals surface area contributed by atoms with Crippen molar-refractivity contribution in [2.45, 2.75) is 64.4 Å². The Kier molecular flexibility index (Phi) is 13.2. The van der Waals surface area contributed by atoms with Crippen LogP contribution in [0.25, 0.3) is 32.3 Å². The number of likely N-dealkylation sites (tertiary alicyclic amines) is 1. The lowest BCUT2D eigenvalue weighted by atomic mass is 9.80. The van der Waals surface area contributed by atoms with Gasteiger partial charge < -0.3 is 23.3 Å². The first-order chi connectivity index (χ1) is 29.7. The topological polar surface area (TPSA) is 76.4 Å². The fourth-order valence-electron chi connectivity index (χ4n) is 9.23. The smallest absolute Gasteiger partial charge is 0.259 e. The van der Waals surface area contributed by atoms with E-state index in [0.717, 1.165) is 41.3 Å². The molecule has 0 N–H and O–H groups in total. The Bertz CT molecular complexity index is 2490. The van der Waals surface area contributed by atoms with Crippen molar-refractivity contribution in [3.05, 3.63) is 156 Å². The second-order valence-corrected chi connectivity index (χ2v) is 17.9. The maximum atomic E-state index is 9.48. The van der Waals surface area contributed by atoms with Crippen LogP contribution in [-0.2, 0) is 25.9 Å². The van der Waals surface area contributed by atoms with Crippen molar-refractivity contribution in [2.24, 2.45) is 5.92 Å². The maximum absolute atomic E-state index is 9.48. The molecule has 7 aromatic rings. The zero-order chi connectivity index (χ0) is 42.5. The molecule has 314 valence electrons. The van der Waals surface area contributed by atoms with Crippen molar-refractivity contribution in [1.82, 2.24) is 9.57 Å². The molecule has 0 radical (unpaired) electrons. The summed E-state index contributed by atoms with van der Waals surface area (Å²) in [7, 11) is 1.88. The molecule has 3 atom stereocenters. The third-order valence-electron chi connectivity index (χ3n) is 12.0. The highest BCUT2D eigenvalue weighted by Gasteiger charge is 2.43. The quantitative estimate of drug-likeness (QED) is 0.0366. The predicted molar refractivity (Wildman–Crippen MR) is 247 cm³/mol. The molecule has 1 unspecified atom stereocenters. The van der Waals surface area contributed by atoms with E-state index in [2.05, 4.69) is 146 Å². The van der Waals surface area contributed by atoms with E-state index in [1.54, 1.807) is 14.2 Å². The van der Waals surface area contributed by atoms with Crippen LogP contribution in [0, 0.1) is 17.2 Å². The van der Waals surface area contributed by atoms with Gasteiger partial charge in [0.2, 0.25) is 0 Å². The monoisotopic (exact) mass is 833 g/mol. The van der Waals surface area contributed by atoms with Crippen molar-refractivity contribution in [3.8, 4) is 17.6 Å². The van der Waals surface area contributed by atoms with E-state index >= 15 is 0 Å². The molecule has 0 spiro atoms. The molecule has 9 heteroatoms. The Balaban J connectivity index is 1.19. The largest absolute Gasteiger partial charge is 0.497 e. The minimum absolute atomic E-state index is 0.0230. The fourth-order valence-corrected chi connectivity index (χ4v) is 11.0. The molecule has 8 nitrogen and oxygen atoms in total. The van der Waals surface area contributed by atoms with Gasteiger partial charge >= 0.3 is 0 Å². The average molecular weight is 834 g/mol. The molecule has 61 heavy (non-hydrogen) atoms. The summed E-state index contributed by atoms with van der Waals surface area (Å²) in [4.78, 5) is 2.52. The van der Waals surface area contributed by atoms with Crippen LogP contribution < -0.4 is 9.47 Å². The van der Waals surface area contributed by atoms with Crippen LogP contribution >= 0.6 is 8.53 Å². The van der Waals surface area contributed by atoms with Gasteiger partial charge in [0, 0.05) is 37.6 Å². The van der Waals surface area contributed by atoms with Gasteiger partial charge in [-0.15, -0.1) is 0 Å². The first kappa shape index (κ1) is 42.6. The molecule has 1 heterocycles. The van der Waals surface area contributed by atoms with Crippen LogP contribution in [0.1, 0.15) is 56.4 Å². The van der Waals surface area contributed by atoms with E-state index in [4.69, 9.17) is 23.3 Å². The van der Waals surface area contributed by atoms with Crippen molar-refractivity contribution >= 4 is 40.8 Å². The third kappa shape index (κ3) is 8.70. The molecule has 8 rings (SSSR count). The minimum Gasteiger partial charge on any atom is -0.497 e. The average Bonchev–Trinajstić information content (AvgIpc) is 3.67. The molecule has 0 aromatic heterocycles. The van der Waals surface area contributed by atoms with E-state index in [1.165, 1.54) is 37.9 Å². The lowest BCUT2D eigenvalue weighted by Crippen LogP contribution is -2.38. The standard InChI is InChI=1S/C52H56N3O5P/c1-36(2)55(37(3)4)61(59-31-11-30-53)60-49-34-54(32-41-19-18-40-17-16-38-12-10-13-39-20-29-48(41)51(40)50(38)39)33-42(49)35-58-52(43-14-8-7-9-15-43,44-21-25-46(56-5)26-22-44)45-23-27-47(57-6)28-24-45/h7-10,12-29,36-37,42,49H,11,31-35H2,1-6H3/t42-,49+,61?/m1/s1. The summed E-state index contributed by atoms with van der Waals surface area (Å²) in [6, 6.07) is 49.6. The van der Waals surface area contributed by atoms with Crippen LogP contribution in [0.3, 0.4) is 0 Å². The van der Waals surface area contributed by atoms with Crippen LogP contribution in [0.4, 0.5) is 0 Å². The van der Waals surface area contributed by atoms with Gasteiger partial charge in [0.25, 0.3) is 8.53 Å². The zero-order valence-corrected chi connectivity index (χ0v) is 37.0. The van der Waals surface area contributed by atoms with Gasteiger partial charge in [-0.3, -0.25) is 4.90 Å². The summed E-state index contributed by atoms with van der Waals surface area (Å²) >= 11 is 0. The third-order valence-corrected chi connectivity index (χ3v) is 14.2. The van der Waals surface area contributed by atoms with Crippen LogP contribution in [0.5, 0.6) is 11.5 Å². The normalized spacial score (nSPS) is 16.7. The Morgan fingerprint density at radius 1 is 0.689 bits per heavy atom. The van der Waals surface area contributed by atoms with Gasteiger partial charge in [-0.05, 0) is 107 Å². The molecule has 0 bridgehead atoms. The lowest BCUT2D eigenvalue weighted by molar-refractivity contribution is -0.0238. The van der Waals surface area contributed by atoms with E-state index in [1.807, 2.05) is 30.3 Å². The highest BCUT2D eigenvalue weighted by molar-refractivity contribution is 7.44. The van der Waals surface area contributed by atoms with Gasteiger partial charge in [-0.2, -0.15) is 5.26 Å². The molecule has 0 aliphatic carbocycles. The molecule has 0 amide bonds. The first-order valence-corrected chi connectivity index (χ1v) is 22.5. The molecular formula is C52H56N3O5P. The number of hydrogen-bond acceptors (Lipinski definition) is 8. The SMILES string of the molecule is COc1ccc(C(OC[C@H]2CN(Cc3ccc4ccc5cccc6ccc3c4c56)C[C@@H]2OP(OCCC#N)N(C(C)C)C(C)C)(c2ccccc2)c2ccc(OC)cc2)cc1. The Morgan fingerprint density at radius 3 is 1.85 bits per heavy atom. The second kappa shape index (κ2) is 18.9. The van der Waals surface area contributed by atoms with Gasteiger partial charge in [-0.1, -0.05) is 109 Å². The molecule has 1 fully saturated rings. The van der Waals surface area contributed by atoms with Crippen molar-refractivity contribution in [2.75, 3.05) is 40.5 Å². The summed E-state index contributed by atoms with van der Waals surface area (Å²) in [5.41, 5.74) is 3.30. The van der Waals surface area contributed by atoms with E-state index in [-0.39, 0.29) is 24.1 Å². The molecule has 1 aliphatic heterocycles. The molecule has 7 aromatic carbocycles. The number of benzene rings is 7. The van der Waals surface area contributed by atoms with Gasteiger partial charge in [0.1, 0.15) is 17.1 Å². The van der Waals surface area contributed by atoms with E-state index in [0.29, 0.717) is 26.2 Å². The number of rotatable bonds is 18. The minimum atomic E-state index is -1.50. The second-order valence-electron chi connectivity index (χ2n) is 16.5. The highest BCUT2D eigenvalue weighted by Crippen LogP contribution is 2.50. The number of ether oxygens (including phenoxy) is 3. The zero-order valence-electron chi connectivity index (χ0n) is 36.1. The van der Waals surface area contributed by atoms with E-state index in [9.17, 15) is 5.26 Å². The van der Waals surface area contributed by atoms with Crippen molar-refractivity contribution in [1.29, 1.82) is 5.26 Å². The number of hydrogen-bond donors (Lipinski definition) is 0. The summed E-state index contributed by atoms with van der Waals surface area (Å²) in [5, 5.41) is 17.2. The Morgan fingerprint density at radius 2 is 1.26 bits per heavy atom. The van der Waals surface area contributed by atoms with Gasteiger partial charge in [0.05, 0.1) is 46.0 Å². The lowest BCUT2D eigenvalue weighted by Gasteiger charge is -2.39. The summed E-state index contributed by atoms with van der Waals surface area (Å²) in [5.74, 6) is 1.53. The van der Waals surface area contributed by atoms with Crippen molar-refractivity contribution < 1.29 is 23.3 Å². The molecular weight excluding hydrogens is 778 g/mol. The Hall–Kier alpha value is -5.10. The molecule has 1 aliphatic rings. The van der Waals surface area contributed by atoms with E-state index < -0.39 is 14.1 Å². The van der Waals surface area contributed by atoms with Crippen molar-refractivity contribution in [3.63, 3.8) is 0 Å². The fraction of sp³-hybridized carbons (Fsp3) is 0.327. The van der Waals surface area contributed by atoms with Crippen LogP contribution in [0.2, 0.25) is 0 Å². The first-order valence-electron chi connectivity index (χ1n) is 21.3. The molecule has 1 saturated heterocycles. The highest BCUT2D eigenvalue weighted by atomic mass is 31.2. The summed E-state index contributed by atoms with van der Waals surface area (Å²) < 4.78 is 34.9. The summed E-state index contributed by atoms with van der Waals surface area (Å²) in [6.45, 7) is 11.6. The van der Waals surface area contributed by atoms with Gasteiger partial charge in [-0.25, -0.2) is 4.67 Å². The van der Waals surface area contributed by atoms with Crippen LogP contribution in [0.15, 0.2) is 133 Å². The Labute approximate surface area is 361 Å².